The van der Waals surface area contributed by atoms with Gasteiger partial charge < -0.3 is 4.57 Å². The molecule has 0 atom stereocenters. The summed E-state index contributed by atoms with van der Waals surface area (Å²) >= 11 is 6.38. The maximum absolute atomic E-state index is 12.6. The third kappa shape index (κ3) is 2.29. The molecule has 0 N–H and O–H groups in total. The fraction of sp³-hybridized carbons (Fsp3) is 0.125. The fourth-order valence-electron chi connectivity index (χ4n) is 2.48. The standard InChI is InChI=1S/C16H11ClF3N/c1-21-13-5-3-2-4-12(13)14(17)15(21)10-6-8-11(9-7-10)16(18,19)20/h2-9H,1H3. The maximum Gasteiger partial charge on any atom is 0.416 e. The molecular weight excluding hydrogens is 299 g/mol. The molecule has 0 aliphatic carbocycles. The van der Waals surface area contributed by atoms with E-state index in [0.717, 1.165) is 23.0 Å². The van der Waals surface area contributed by atoms with E-state index in [9.17, 15) is 13.2 Å². The molecule has 0 spiro atoms. The second-order valence-electron chi connectivity index (χ2n) is 4.81. The second-order valence-corrected chi connectivity index (χ2v) is 5.19. The van der Waals surface area contributed by atoms with Crippen molar-refractivity contribution in [3.05, 3.63) is 59.1 Å². The lowest BCUT2D eigenvalue weighted by Crippen LogP contribution is -2.04. The molecule has 108 valence electrons. The normalized spacial score (nSPS) is 12.0. The highest BCUT2D eigenvalue weighted by Gasteiger charge is 2.30. The van der Waals surface area contributed by atoms with Crippen molar-refractivity contribution in [2.45, 2.75) is 6.18 Å². The van der Waals surface area contributed by atoms with Gasteiger partial charge in [-0.2, -0.15) is 13.2 Å². The predicted molar refractivity (Wildman–Crippen MR) is 78.4 cm³/mol. The summed E-state index contributed by atoms with van der Waals surface area (Å²) in [5.41, 5.74) is 1.65. The summed E-state index contributed by atoms with van der Waals surface area (Å²) in [5, 5.41) is 1.43. The average Bonchev–Trinajstić information content (AvgIpc) is 2.71. The largest absolute Gasteiger partial charge is 0.416 e. The quantitative estimate of drug-likeness (QED) is 0.558. The highest BCUT2D eigenvalue weighted by molar-refractivity contribution is 6.38. The van der Waals surface area contributed by atoms with Crippen molar-refractivity contribution in [1.29, 1.82) is 0 Å². The van der Waals surface area contributed by atoms with Gasteiger partial charge >= 0.3 is 6.18 Å². The highest BCUT2D eigenvalue weighted by atomic mass is 35.5. The van der Waals surface area contributed by atoms with Gasteiger partial charge in [0.1, 0.15) is 0 Å². The number of hydrogen-bond acceptors (Lipinski definition) is 0. The van der Waals surface area contributed by atoms with Crippen LogP contribution in [0, 0.1) is 0 Å². The lowest BCUT2D eigenvalue weighted by molar-refractivity contribution is -0.137. The zero-order chi connectivity index (χ0) is 15.2. The first-order valence-electron chi connectivity index (χ1n) is 6.30. The topological polar surface area (TPSA) is 4.93 Å². The Bertz CT molecular complexity index is 762. The van der Waals surface area contributed by atoms with Crippen LogP contribution in [-0.4, -0.2) is 4.57 Å². The van der Waals surface area contributed by atoms with Crippen molar-refractivity contribution in [3.63, 3.8) is 0 Å². The molecule has 0 amide bonds. The van der Waals surface area contributed by atoms with Crippen LogP contribution in [0.4, 0.5) is 13.2 Å². The van der Waals surface area contributed by atoms with Crippen LogP contribution in [0.2, 0.25) is 5.02 Å². The molecule has 0 bridgehead atoms. The summed E-state index contributed by atoms with van der Waals surface area (Å²) in [4.78, 5) is 0. The van der Waals surface area contributed by atoms with Crippen molar-refractivity contribution < 1.29 is 13.2 Å². The zero-order valence-electron chi connectivity index (χ0n) is 11.1. The van der Waals surface area contributed by atoms with Gasteiger partial charge in [0.15, 0.2) is 0 Å². The monoisotopic (exact) mass is 309 g/mol. The van der Waals surface area contributed by atoms with Crippen LogP contribution in [0.3, 0.4) is 0 Å². The number of aromatic nitrogens is 1. The highest BCUT2D eigenvalue weighted by Crippen LogP contribution is 2.38. The van der Waals surface area contributed by atoms with Gasteiger partial charge in [-0.3, -0.25) is 0 Å². The lowest BCUT2D eigenvalue weighted by Gasteiger charge is -2.09. The van der Waals surface area contributed by atoms with E-state index in [4.69, 9.17) is 11.6 Å². The molecule has 3 aromatic rings. The van der Waals surface area contributed by atoms with Crippen LogP contribution in [0.5, 0.6) is 0 Å². The number of halogens is 4. The van der Waals surface area contributed by atoms with E-state index in [-0.39, 0.29) is 0 Å². The molecule has 0 saturated heterocycles. The van der Waals surface area contributed by atoms with Gasteiger partial charge in [-0.1, -0.05) is 41.9 Å². The Labute approximate surface area is 124 Å². The molecule has 3 rings (SSSR count). The first-order chi connectivity index (χ1) is 9.89. The fourth-order valence-corrected chi connectivity index (χ4v) is 2.88. The summed E-state index contributed by atoms with van der Waals surface area (Å²) in [6.07, 6.45) is -4.33. The molecule has 0 unspecified atom stereocenters. The molecule has 21 heavy (non-hydrogen) atoms. The van der Waals surface area contributed by atoms with Crippen molar-refractivity contribution >= 4 is 22.5 Å². The van der Waals surface area contributed by atoms with Crippen LogP contribution in [0.25, 0.3) is 22.2 Å². The van der Waals surface area contributed by atoms with Gasteiger partial charge in [0.2, 0.25) is 0 Å². The number of hydrogen-bond donors (Lipinski definition) is 0. The Morgan fingerprint density at radius 3 is 2.14 bits per heavy atom. The molecule has 0 fully saturated rings. The Kier molecular flexibility index (Phi) is 3.21. The van der Waals surface area contributed by atoms with Crippen LogP contribution in [0.1, 0.15) is 5.56 Å². The number of nitrogens with zero attached hydrogens (tertiary/aromatic N) is 1. The molecular formula is C16H11ClF3N. The molecule has 1 aromatic heterocycles. The number of aryl methyl sites for hydroxylation is 1. The van der Waals surface area contributed by atoms with Crippen LogP contribution in [-0.2, 0) is 13.2 Å². The van der Waals surface area contributed by atoms with E-state index in [0.29, 0.717) is 16.3 Å². The number of alkyl halides is 3. The van der Waals surface area contributed by atoms with E-state index in [1.54, 1.807) is 0 Å². The molecule has 0 aliphatic rings. The van der Waals surface area contributed by atoms with Crippen molar-refractivity contribution in [2.75, 3.05) is 0 Å². The molecule has 0 radical (unpaired) electrons. The minimum Gasteiger partial charge on any atom is -0.342 e. The van der Waals surface area contributed by atoms with Crippen LogP contribution >= 0.6 is 11.6 Å². The zero-order valence-corrected chi connectivity index (χ0v) is 11.8. The Balaban J connectivity index is 2.17. The Morgan fingerprint density at radius 1 is 0.952 bits per heavy atom. The Hall–Kier alpha value is -1.94. The minimum absolute atomic E-state index is 0.549. The third-order valence-corrected chi connectivity index (χ3v) is 3.91. The summed E-state index contributed by atoms with van der Waals surface area (Å²) in [6, 6.07) is 12.6. The summed E-state index contributed by atoms with van der Waals surface area (Å²) < 4.78 is 39.7. The summed E-state index contributed by atoms with van der Waals surface area (Å²) in [5.74, 6) is 0. The van der Waals surface area contributed by atoms with Crippen LogP contribution < -0.4 is 0 Å². The first-order valence-corrected chi connectivity index (χ1v) is 6.68. The van der Waals surface area contributed by atoms with Gasteiger partial charge in [0.25, 0.3) is 0 Å². The van der Waals surface area contributed by atoms with Gasteiger partial charge in [0, 0.05) is 18.0 Å². The average molecular weight is 310 g/mol. The van der Waals surface area contributed by atoms with Gasteiger partial charge in [-0.05, 0) is 23.8 Å². The molecule has 2 aromatic carbocycles. The predicted octanol–water partition coefficient (Wildman–Crippen LogP) is 5.52. The third-order valence-electron chi connectivity index (χ3n) is 3.53. The first kappa shape index (κ1) is 14.0. The smallest absolute Gasteiger partial charge is 0.342 e. The lowest BCUT2D eigenvalue weighted by atomic mass is 10.1. The van der Waals surface area contributed by atoms with E-state index < -0.39 is 11.7 Å². The molecule has 5 heteroatoms. The van der Waals surface area contributed by atoms with E-state index >= 15 is 0 Å². The molecule has 1 nitrogen and oxygen atoms in total. The van der Waals surface area contributed by atoms with E-state index in [1.807, 2.05) is 35.9 Å². The second kappa shape index (κ2) is 4.81. The van der Waals surface area contributed by atoms with Gasteiger partial charge in [-0.25, -0.2) is 0 Å². The number of rotatable bonds is 1. The summed E-state index contributed by atoms with van der Waals surface area (Å²) in [7, 11) is 1.85. The van der Waals surface area contributed by atoms with Crippen molar-refractivity contribution in [3.8, 4) is 11.3 Å². The number of benzene rings is 2. The Morgan fingerprint density at radius 2 is 1.57 bits per heavy atom. The van der Waals surface area contributed by atoms with Gasteiger partial charge in [-0.15, -0.1) is 0 Å². The van der Waals surface area contributed by atoms with E-state index in [1.165, 1.54) is 12.1 Å². The number of para-hydroxylation sites is 1. The summed E-state index contributed by atoms with van der Waals surface area (Å²) in [6.45, 7) is 0. The molecule has 0 aliphatic heterocycles. The van der Waals surface area contributed by atoms with Gasteiger partial charge in [0.05, 0.1) is 16.3 Å². The maximum atomic E-state index is 12.6. The van der Waals surface area contributed by atoms with E-state index in [2.05, 4.69) is 0 Å². The minimum atomic E-state index is -4.33. The SMILES string of the molecule is Cn1c(-c2ccc(C(F)(F)F)cc2)c(Cl)c2ccccc21. The van der Waals surface area contributed by atoms with Crippen molar-refractivity contribution in [2.24, 2.45) is 7.05 Å². The number of fused-ring (bicyclic) bond motifs is 1. The molecule has 1 heterocycles. The van der Waals surface area contributed by atoms with Crippen molar-refractivity contribution in [1.82, 2.24) is 4.57 Å². The molecule has 0 saturated carbocycles. The van der Waals surface area contributed by atoms with Crippen LogP contribution in [0.15, 0.2) is 48.5 Å².